The molecule has 0 atom stereocenters. The standard InChI is InChI=1S/C18H18ClNO3/c1-3-13-6-4-5-7-16(13)20-18(22)11-23-17-9-8-14(19)10-15(17)12(2)21/h4-10H,3,11H2,1-2H3,(H,20,22). The highest BCUT2D eigenvalue weighted by Gasteiger charge is 2.12. The summed E-state index contributed by atoms with van der Waals surface area (Å²) >= 11 is 5.88. The summed E-state index contributed by atoms with van der Waals surface area (Å²) in [7, 11) is 0. The van der Waals surface area contributed by atoms with Crippen LogP contribution in [-0.2, 0) is 11.2 Å². The molecular formula is C18H18ClNO3. The number of hydrogen-bond acceptors (Lipinski definition) is 3. The van der Waals surface area contributed by atoms with Crippen molar-refractivity contribution in [1.29, 1.82) is 0 Å². The molecule has 2 aromatic rings. The summed E-state index contributed by atoms with van der Waals surface area (Å²) in [5.74, 6) is -0.101. The van der Waals surface area contributed by atoms with Gasteiger partial charge in [-0.05, 0) is 43.2 Å². The number of hydrogen-bond donors (Lipinski definition) is 1. The molecule has 0 fully saturated rings. The Labute approximate surface area is 140 Å². The highest BCUT2D eigenvalue weighted by atomic mass is 35.5. The number of Topliss-reactive ketones (excluding diaryl/α,β-unsaturated/α-hetero) is 1. The second kappa shape index (κ2) is 7.79. The zero-order valence-electron chi connectivity index (χ0n) is 13.1. The first-order valence-corrected chi connectivity index (χ1v) is 7.70. The average Bonchev–Trinajstić information content (AvgIpc) is 2.54. The number of ketones is 1. The minimum Gasteiger partial charge on any atom is -0.483 e. The van der Waals surface area contributed by atoms with Gasteiger partial charge in [-0.2, -0.15) is 0 Å². The molecule has 120 valence electrons. The molecule has 0 heterocycles. The number of ether oxygens (including phenoxy) is 1. The molecule has 5 heteroatoms. The van der Waals surface area contributed by atoms with E-state index < -0.39 is 0 Å². The molecule has 0 spiro atoms. The van der Waals surface area contributed by atoms with Crippen molar-refractivity contribution in [1.82, 2.24) is 0 Å². The van der Waals surface area contributed by atoms with Crippen LogP contribution in [0.5, 0.6) is 5.75 Å². The molecule has 0 bridgehead atoms. The summed E-state index contributed by atoms with van der Waals surface area (Å²) in [6, 6.07) is 12.3. The van der Waals surface area contributed by atoms with Crippen molar-refractivity contribution in [2.24, 2.45) is 0 Å². The topological polar surface area (TPSA) is 55.4 Å². The Morgan fingerprint density at radius 1 is 1.17 bits per heavy atom. The van der Waals surface area contributed by atoms with Crippen LogP contribution in [-0.4, -0.2) is 18.3 Å². The molecule has 1 N–H and O–H groups in total. The van der Waals surface area contributed by atoms with Crippen LogP contribution in [0.1, 0.15) is 29.8 Å². The summed E-state index contributed by atoms with van der Waals surface area (Å²) in [6.07, 6.45) is 0.822. The minimum atomic E-state index is -0.282. The fourth-order valence-corrected chi connectivity index (χ4v) is 2.36. The Morgan fingerprint density at radius 3 is 2.61 bits per heavy atom. The molecule has 1 amide bonds. The lowest BCUT2D eigenvalue weighted by Crippen LogP contribution is -2.21. The molecule has 0 aliphatic heterocycles. The molecule has 0 aromatic heterocycles. The minimum absolute atomic E-state index is 0.167. The van der Waals surface area contributed by atoms with Gasteiger partial charge in [-0.1, -0.05) is 36.7 Å². The number of rotatable bonds is 6. The van der Waals surface area contributed by atoms with Crippen molar-refractivity contribution in [3.63, 3.8) is 0 Å². The van der Waals surface area contributed by atoms with Gasteiger partial charge in [-0.3, -0.25) is 9.59 Å². The predicted molar refractivity (Wildman–Crippen MR) is 91.4 cm³/mol. The summed E-state index contributed by atoms with van der Waals surface area (Å²) in [6.45, 7) is 3.27. The van der Waals surface area contributed by atoms with E-state index >= 15 is 0 Å². The third-order valence-corrected chi connectivity index (χ3v) is 3.59. The maximum atomic E-state index is 12.1. The normalized spacial score (nSPS) is 10.2. The largest absolute Gasteiger partial charge is 0.483 e. The average molecular weight is 332 g/mol. The lowest BCUT2D eigenvalue weighted by Gasteiger charge is -2.12. The van der Waals surface area contributed by atoms with Crippen LogP contribution in [0.3, 0.4) is 0 Å². The first-order valence-electron chi connectivity index (χ1n) is 7.32. The molecule has 2 aromatic carbocycles. The number of anilines is 1. The van der Waals surface area contributed by atoms with E-state index in [9.17, 15) is 9.59 Å². The van der Waals surface area contributed by atoms with Crippen LogP contribution in [0.15, 0.2) is 42.5 Å². The second-order valence-corrected chi connectivity index (χ2v) is 5.48. The van der Waals surface area contributed by atoms with Gasteiger partial charge >= 0.3 is 0 Å². The predicted octanol–water partition coefficient (Wildman–Crippen LogP) is 4.12. The Hall–Kier alpha value is -2.33. The van der Waals surface area contributed by atoms with Gasteiger partial charge in [-0.15, -0.1) is 0 Å². The zero-order chi connectivity index (χ0) is 16.8. The molecule has 0 aliphatic carbocycles. The van der Waals surface area contributed by atoms with Crippen molar-refractivity contribution in [3.05, 3.63) is 58.6 Å². The second-order valence-electron chi connectivity index (χ2n) is 5.04. The molecule has 0 aliphatic rings. The maximum Gasteiger partial charge on any atom is 0.262 e. The van der Waals surface area contributed by atoms with E-state index in [0.29, 0.717) is 16.3 Å². The number of carbonyl (C=O) groups is 2. The molecule has 4 nitrogen and oxygen atoms in total. The Balaban J connectivity index is 2.04. The maximum absolute atomic E-state index is 12.1. The smallest absolute Gasteiger partial charge is 0.262 e. The molecule has 0 saturated heterocycles. The lowest BCUT2D eigenvalue weighted by atomic mass is 10.1. The number of para-hydroxylation sites is 1. The van der Waals surface area contributed by atoms with Gasteiger partial charge in [0.1, 0.15) is 5.75 Å². The third kappa shape index (κ3) is 4.57. The van der Waals surface area contributed by atoms with Gasteiger partial charge < -0.3 is 10.1 Å². The molecule has 2 rings (SSSR count). The number of amides is 1. The van der Waals surface area contributed by atoms with E-state index in [0.717, 1.165) is 17.7 Å². The number of carbonyl (C=O) groups excluding carboxylic acids is 2. The summed E-state index contributed by atoms with van der Waals surface area (Å²) in [5, 5.41) is 3.26. The molecule has 0 unspecified atom stereocenters. The van der Waals surface area contributed by atoms with Crippen LogP contribution in [0, 0.1) is 0 Å². The van der Waals surface area contributed by atoms with Gasteiger partial charge in [0.25, 0.3) is 5.91 Å². The summed E-state index contributed by atoms with van der Waals surface area (Å²) < 4.78 is 5.47. The first kappa shape index (κ1) is 17.0. The van der Waals surface area contributed by atoms with Gasteiger partial charge in [0.2, 0.25) is 0 Å². The third-order valence-electron chi connectivity index (χ3n) is 3.35. The van der Waals surface area contributed by atoms with E-state index in [1.54, 1.807) is 12.1 Å². The Kier molecular flexibility index (Phi) is 5.77. The van der Waals surface area contributed by atoms with E-state index in [1.807, 2.05) is 31.2 Å². The van der Waals surface area contributed by atoms with Gasteiger partial charge in [0.15, 0.2) is 12.4 Å². The molecule has 0 saturated carbocycles. The number of nitrogens with one attached hydrogen (secondary N) is 1. The van der Waals surface area contributed by atoms with Crippen molar-refractivity contribution in [3.8, 4) is 5.75 Å². The van der Waals surface area contributed by atoms with Crippen molar-refractivity contribution >= 4 is 29.0 Å². The van der Waals surface area contributed by atoms with Gasteiger partial charge in [-0.25, -0.2) is 0 Å². The monoisotopic (exact) mass is 331 g/mol. The van der Waals surface area contributed by atoms with Crippen LogP contribution in [0.4, 0.5) is 5.69 Å². The zero-order valence-corrected chi connectivity index (χ0v) is 13.8. The van der Waals surface area contributed by atoms with Crippen LogP contribution >= 0.6 is 11.6 Å². The van der Waals surface area contributed by atoms with Crippen molar-refractivity contribution < 1.29 is 14.3 Å². The number of benzene rings is 2. The van der Waals surface area contributed by atoms with Crippen molar-refractivity contribution in [2.75, 3.05) is 11.9 Å². The Bertz CT molecular complexity index is 728. The van der Waals surface area contributed by atoms with Crippen LogP contribution in [0.2, 0.25) is 5.02 Å². The summed E-state index contributed by atoms with van der Waals surface area (Å²) in [5.41, 5.74) is 2.18. The highest BCUT2D eigenvalue weighted by molar-refractivity contribution is 6.31. The molecule has 23 heavy (non-hydrogen) atoms. The molecule has 0 radical (unpaired) electrons. The van der Waals surface area contributed by atoms with Crippen molar-refractivity contribution in [2.45, 2.75) is 20.3 Å². The van der Waals surface area contributed by atoms with E-state index in [4.69, 9.17) is 16.3 Å². The molecular weight excluding hydrogens is 314 g/mol. The van der Waals surface area contributed by atoms with Crippen LogP contribution in [0.25, 0.3) is 0 Å². The highest BCUT2D eigenvalue weighted by Crippen LogP contribution is 2.23. The fraction of sp³-hybridized carbons (Fsp3) is 0.222. The number of aryl methyl sites for hydroxylation is 1. The SMILES string of the molecule is CCc1ccccc1NC(=O)COc1ccc(Cl)cc1C(C)=O. The lowest BCUT2D eigenvalue weighted by molar-refractivity contribution is -0.118. The number of halogens is 1. The van der Waals surface area contributed by atoms with E-state index in [1.165, 1.54) is 13.0 Å². The Morgan fingerprint density at radius 2 is 1.91 bits per heavy atom. The van der Waals surface area contributed by atoms with Gasteiger partial charge in [0.05, 0.1) is 5.56 Å². The van der Waals surface area contributed by atoms with Gasteiger partial charge in [0, 0.05) is 10.7 Å². The van der Waals surface area contributed by atoms with Crippen LogP contribution < -0.4 is 10.1 Å². The fourth-order valence-electron chi connectivity index (χ4n) is 2.18. The first-order chi connectivity index (χ1) is 11.0. The van der Waals surface area contributed by atoms with E-state index in [2.05, 4.69) is 5.32 Å². The van der Waals surface area contributed by atoms with E-state index in [-0.39, 0.29) is 18.3 Å². The summed E-state index contributed by atoms with van der Waals surface area (Å²) in [4.78, 5) is 23.7. The quantitative estimate of drug-likeness (QED) is 0.810.